The fraction of sp³-hybridized carbons (Fsp3) is 0.523. The number of ketones is 1. The van der Waals surface area contributed by atoms with Gasteiger partial charge in [0.1, 0.15) is 30.4 Å². The van der Waals surface area contributed by atoms with Crippen molar-refractivity contribution in [2.75, 3.05) is 26.7 Å². The SMILES string of the molecule is C=C(/N=C1/C(F)=C(c2ccc(F)c3sc(C(C)C)c(C#N)c23)C(C(F)(F)F)=C/C1=C(/C)N(C)C(CCC(C)C)C(C)C)OCC1CC(F)CN1CC.C=CC(C)=O. The third kappa shape index (κ3) is 11.3. The van der Waals surface area contributed by atoms with Gasteiger partial charge >= 0.3 is 6.18 Å². The average Bonchev–Trinajstić information content (AvgIpc) is 3.71. The first-order chi connectivity index (χ1) is 26.6. The van der Waals surface area contributed by atoms with Crippen LogP contribution < -0.4 is 0 Å². The summed E-state index contributed by atoms with van der Waals surface area (Å²) >= 11 is 0.971. The van der Waals surface area contributed by atoms with E-state index in [1.54, 1.807) is 27.8 Å². The number of hydrogen-bond acceptors (Lipinski definition) is 7. The van der Waals surface area contributed by atoms with Gasteiger partial charge in [-0.05, 0) is 87.8 Å². The van der Waals surface area contributed by atoms with Crippen molar-refractivity contribution in [1.29, 1.82) is 5.26 Å². The average molecular weight is 819 g/mol. The van der Waals surface area contributed by atoms with Crippen LogP contribution in [0.4, 0.5) is 26.3 Å². The molecule has 13 heteroatoms. The Morgan fingerprint density at radius 1 is 1.16 bits per heavy atom. The number of ether oxygens (including phenoxy) is 1. The Balaban J connectivity index is 0.00000163. The van der Waals surface area contributed by atoms with E-state index in [-0.39, 0.29) is 81.9 Å². The second kappa shape index (κ2) is 20.0. The van der Waals surface area contributed by atoms with E-state index < -0.39 is 40.8 Å². The highest BCUT2D eigenvalue weighted by molar-refractivity contribution is 7.19. The number of thiophene rings is 1. The molecule has 1 aliphatic carbocycles. The summed E-state index contributed by atoms with van der Waals surface area (Å²) in [5, 5.41) is 10.1. The monoisotopic (exact) mass is 818 g/mol. The number of likely N-dealkylation sites (tertiary alicyclic amines) is 1. The lowest BCUT2D eigenvalue weighted by atomic mass is 9.84. The van der Waals surface area contributed by atoms with Gasteiger partial charge in [0.25, 0.3) is 0 Å². The Morgan fingerprint density at radius 3 is 2.30 bits per heavy atom. The second-order valence-corrected chi connectivity index (χ2v) is 16.7. The van der Waals surface area contributed by atoms with Crippen LogP contribution in [0, 0.1) is 29.0 Å². The van der Waals surface area contributed by atoms with E-state index in [2.05, 4.69) is 32.0 Å². The minimum atomic E-state index is -5.05. The maximum atomic E-state index is 17.4. The van der Waals surface area contributed by atoms with E-state index >= 15 is 22.0 Å². The summed E-state index contributed by atoms with van der Waals surface area (Å²) in [4.78, 5) is 18.4. The summed E-state index contributed by atoms with van der Waals surface area (Å²) in [6.45, 7) is 24.8. The molecule has 2 aliphatic rings. The van der Waals surface area contributed by atoms with Crippen LogP contribution in [0.25, 0.3) is 15.7 Å². The van der Waals surface area contributed by atoms with Gasteiger partial charge in [0.2, 0.25) is 5.88 Å². The van der Waals surface area contributed by atoms with Gasteiger partial charge < -0.3 is 9.64 Å². The highest BCUT2D eigenvalue weighted by atomic mass is 32.1. The summed E-state index contributed by atoms with van der Waals surface area (Å²) < 4.78 is 98.3. The van der Waals surface area contributed by atoms with Gasteiger partial charge in [-0.2, -0.15) is 18.4 Å². The standard InChI is InChI=1S/C40H50F6N4OS.C4H6O/c1-11-50-19-26(41)16-27(50)20-51-25(9)48-37-29(24(8)49(10)33(22(4)5)15-12-21(2)3)17-31(40(44,45)46)35(36(37)43)28-13-14-32(42)39-34(28)30(18-47)38(52-39)23(6)7;1-3-4(2)5/h13-14,17,21-23,26-27,33H,9,11-12,15-16,19-20H2,1-8,10H3;3H,1H2,2H3/b29-24+,48-37+;. The molecule has 0 amide bonds. The lowest BCUT2D eigenvalue weighted by Crippen LogP contribution is -2.36. The molecule has 1 aromatic heterocycles. The van der Waals surface area contributed by atoms with Crippen LogP contribution in [-0.4, -0.2) is 72.5 Å². The van der Waals surface area contributed by atoms with Gasteiger partial charge in [-0.1, -0.05) is 61.1 Å². The van der Waals surface area contributed by atoms with Crippen molar-refractivity contribution in [3.63, 3.8) is 0 Å². The van der Waals surface area contributed by atoms with Crippen molar-refractivity contribution in [2.45, 2.75) is 112 Å². The molecule has 57 heavy (non-hydrogen) atoms. The predicted molar refractivity (Wildman–Crippen MR) is 220 cm³/mol. The van der Waals surface area contributed by atoms with Gasteiger partial charge in [0.15, 0.2) is 11.6 Å². The molecule has 1 aliphatic heterocycles. The summed E-state index contributed by atoms with van der Waals surface area (Å²) in [5.41, 5.74) is -2.57. The quantitative estimate of drug-likeness (QED) is 0.108. The number of likely N-dealkylation sites (N-methyl/N-ethyl adjacent to an activating group) is 1. The fourth-order valence-corrected chi connectivity index (χ4v) is 8.36. The number of nitrogens with zero attached hydrogens (tertiary/aromatic N) is 4. The molecule has 0 radical (unpaired) electrons. The number of nitriles is 1. The molecule has 1 aromatic carbocycles. The molecule has 4 rings (SSSR count). The molecular formula is C44H56F6N4O2S. The van der Waals surface area contributed by atoms with Crippen molar-refractivity contribution in [1.82, 2.24) is 9.80 Å². The minimum Gasteiger partial charge on any atom is -0.476 e. The number of aliphatic imine (C=N–C) groups is 1. The number of fused-ring (bicyclic) bond motifs is 1. The molecule has 0 saturated carbocycles. The zero-order chi connectivity index (χ0) is 43.1. The summed E-state index contributed by atoms with van der Waals surface area (Å²) in [6.07, 6.45) is -2.06. The third-order valence-corrected chi connectivity index (χ3v) is 11.8. The van der Waals surface area contributed by atoms with Crippen molar-refractivity contribution < 1.29 is 35.9 Å². The number of benzene rings is 1. The smallest absolute Gasteiger partial charge is 0.417 e. The number of allylic oxidation sites excluding steroid dienone is 7. The molecule has 0 spiro atoms. The Morgan fingerprint density at radius 2 is 1.79 bits per heavy atom. The maximum Gasteiger partial charge on any atom is 0.417 e. The van der Waals surface area contributed by atoms with E-state index in [1.165, 1.54) is 13.0 Å². The largest absolute Gasteiger partial charge is 0.476 e. The normalized spacial score (nSPS) is 19.8. The van der Waals surface area contributed by atoms with Crippen LogP contribution in [0.5, 0.6) is 0 Å². The molecule has 1 fully saturated rings. The zero-order valence-electron chi connectivity index (χ0n) is 34.7. The number of halogens is 6. The molecule has 0 N–H and O–H groups in total. The van der Waals surface area contributed by atoms with E-state index in [4.69, 9.17) is 4.74 Å². The van der Waals surface area contributed by atoms with Crippen LogP contribution in [0.2, 0.25) is 0 Å². The van der Waals surface area contributed by atoms with Gasteiger partial charge in [0.05, 0.1) is 15.8 Å². The number of rotatable bonds is 14. The van der Waals surface area contributed by atoms with Crippen LogP contribution in [0.3, 0.4) is 0 Å². The van der Waals surface area contributed by atoms with E-state index in [0.717, 1.165) is 42.4 Å². The lowest BCUT2D eigenvalue weighted by Gasteiger charge is -2.36. The first kappa shape index (κ1) is 47.2. The minimum absolute atomic E-state index is 0.00273. The van der Waals surface area contributed by atoms with Gasteiger partial charge in [-0.15, -0.1) is 11.3 Å². The highest BCUT2D eigenvalue weighted by Gasteiger charge is 2.44. The van der Waals surface area contributed by atoms with Gasteiger partial charge in [-0.3, -0.25) is 9.69 Å². The molecule has 312 valence electrons. The molecule has 1 saturated heterocycles. The van der Waals surface area contributed by atoms with E-state index in [9.17, 15) is 14.4 Å². The Labute approximate surface area is 338 Å². The summed E-state index contributed by atoms with van der Waals surface area (Å²) in [5.74, 6) is -2.00. The second-order valence-electron chi connectivity index (χ2n) is 15.6. The van der Waals surface area contributed by atoms with Crippen LogP contribution >= 0.6 is 11.3 Å². The maximum absolute atomic E-state index is 17.4. The van der Waals surface area contributed by atoms with Crippen LogP contribution in [0.15, 0.2) is 71.0 Å². The number of alkyl halides is 4. The number of hydrogen-bond donors (Lipinski definition) is 0. The van der Waals surface area contributed by atoms with Crippen molar-refractivity contribution >= 4 is 38.5 Å². The van der Waals surface area contributed by atoms with Crippen molar-refractivity contribution in [2.24, 2.45) is 16.8 Å². The Hall–Kier alpha value is -4.15. The number of carbonyl (C=O) groups is 1. The molecule has 2 aromatic rings. The first-order valence-corrected chi connectivity index (χ1v) is 20.1. The predicted octanol–water partition coefficient (Wildman–Crippen LogP) is 12.0. The van der Waals surface area contributed by atoms with Crippen LogP contribution in [0.1, 0.15) is 103 Å². The summed E-state index contributed by atoms with van der Waals surface area (Å²) in [7, 11) is 1.78. The molecular weight excluding hydrogens is 763 g/mol. The number of carbonyl (C=O) groups excluding carboxylic acids is 1. The highest BCUT2D eigenvalue weighted by Crippen LogP contribution is 2.49. The van der Waals surface area contributed by atoms with E-state index in [1.807, 2.05) is 36.6 Å². The lowest BCUT2D eigenvalue weighted by molar-refractivity contribution is -0.112. The zero-order valence-corrected chi connectivity index (χ0v) is 35.5. The van der Waals surface area contributed by atoms with Gasteiger partial charge in [-0.25, -0.2) is 18.2 Å². The molecule has 2 heterocycles. The van der Waals surface area contributed by atoms with Crippen molar-refractivity contribution in [3.05, 3.63) is 87.8 Å². The Bertz CT molecular complexity index is 1980. The van der Waals surface area contributed by atoms with E-state index in [0.29, 0.717) is 23.0 Å². The molecule has 6 nitrogen and oxygen atoms in total. The molecule has 0 bridgehead atoms. The first-order valence-electron chi connectivity index (χ1n) is 19.3. The van der Waals surface area contributed by atoms with Gasteiger partial charge in [0, 0.05) is 52.8 Å². The molecule has 3 atom stereocenters. The van der Waals surface area contributed by atoms with Crippen molar-refractivity contribution in [3.8, 4) is 6.07 Å². The third-order valence-electron chi connectivity index (χ3n) is 10.3. The Kier molecular flexibility index (Phi) is 16.6. The van der Waals surface area contributed by atoms with Crippen LogP contribution in [-0.2, 0) is 9.53 Å². The summed E-state index contributed by atoms with van der Waals surface area (Å²) in [6, 6.07) is 3.77. The fourth-order valence-electron chi connectivity index (χ4n) is 7.18. The topological polar surface area (TPSA) is 68.9 Å². The molecule has 3 unspecified atom stereocenters.